The highest BCUT2D eigenvalue weighted by Gasteiger charge is 1.95. The van der Waals surface area contributed by atoms with Gasteiger partial charge in [0.25, 0.3) is 0 Å². The topological polar surface area (TPSA) is 50.4 Å². The fourth-order valence-corrected chi connectivity index (χ4v) is 0.925. The van der Waals surface area contributed by atoms with Gasteiger partial charge in [-0.1, -0.05) is 30.0 Å². The highest BCUT2D eigenvalue weighted by molar-refractivity contribution is 5.74. The summed E-state index contributed by atoms with van der Waals surface area (Å²) < 4.78 is 1.85. The molecule has 0 atom stereocenters. The van der Waals surface area contributed by atoms with Gasteiger partial charge in [-0.05, 0) is 0 Å². The Kier molecular flexibility index (Phi) is 3.50. The van der Waals surface area contributed by atoms with Crippen molar-refractivity contribution in [2.45, 2.75) is 6.54 Å². The molecule has 0 aromatic carbocycles. The molecule has 0 aliphatic rings. The molecule has 0 saturated carbocycles. The molecule has 0 fully saturated rings. The lowest BCUT2D eigenvalue weighted by Crippen LogP contribution is -2.00. The van der Waals surface area contributed by atoms with Crippen LogP contribution in [0, 0.1) is 0 Å². The van der Waals surface area contributed by atoms with Crippen molar-refractivity contribution in [3.63, 3.8) is 0 Å². The first-order chi connectivity index (χ1) is 6.38. The highest BCUT2D eigenvalue weighted by Crippen LogP contribution is 1.94. The van der Waals surface area contributed by atoms with Gasteiger partial charge in [0.05, 0.1) is 0 Å². The van der Waals surface area contributed by atoms with Crippen LogP contribution in [0.1, 0.15) is 5.82 Å². The summed E-state index contributed by atoms with van der Waals surface area (Å²) in [6.45, 7) is 4.25. The molecule has 0 saturated heterocycles. The monoisotopic (exact) mass is 177 g/mol. The van der Waals surface area contributed by atoms with Gasteiger partial charge in [0.1, 0.15) is 6.21 Å². The maximum atomic E-state index is 8.32. The fourth-order valence-electron chi connectivity index (χ4n) is 0.925. The van der Waals surface area contributed by atoms with Crippen LogP contribution < -0.4 is 0 Å². The lowest BCUT2D eigenvalue weighted by Gasteiger charge is -1.97. The van der Waals surface area contributed by atoms with Crippen molar-refractivity contribution in [2.75, 3.05) is 0 Å². The Morgan fingerprint density at radius 3 is 3.23 bits per heavy atom. The zero-order valence-electron chi connectivity index (χ0n) is 7.17. The minimum absolute atomic E-state index is 0.621. The molecule has 1 aromatic rings. The van der Waals surface area contributed by atoms with E-state index in [9.17, 15) is 0 Å². The minimum Gasteiger partial charge on any atom is -0.411 e. The summed E-state index contributed by atoms with van der Waals surface area (Å²) in [5, 5.41) is 11.2. The van der Waals surface area contributed by atoms with E-state index < -0.39 is 0 Å². The van der Waals surface area contributed by atoms with Crippen LogP contribution in [0.5, 0.6) is 0 Å². The molecule has 0 radical (unpaired) electrons. The molecule has 0 bridgehead atoms. The van der Waals surface area contributed by atoms with Crippen LogP contribution in [-0.2, 0) is 6.54 Å². The van der Waals surface area contributed by atoms with Crippen molar-refractivity contribution >= 4 is 6.21 Å². The number of hydrogen-bond acceptors (Lipinski definition) is 3. The number of oxime groups is 1. The van der Waals surface area contributed by atoms with E-state index in [0.29, 0.717) is 12.4 Å². The van der Waals surface area contributed by atoms with Gasteiger partial charge in [0, 0.05) is 18.9 Å². The number of rotatable bonds is 4. The molecule has 1 N–H and O–H groups in total. The lowest BCUT2D eigenvalue weighted by molar-refractivity contribution is 0.321. The average molecular weight is 177 g/mol. The summed E-state index contributed by atoms with van der Waals surface area (Å²) in [5.41, 5.74) is 0. The van der Waals surface area contributed by atoms with Gasteiger partial charge in [0.2, 0.25) is 0 Å². The van der Waals surface area contributed by atoms with Gasteiger partial charge >= 0.3 is 0 Å². The molecule has 0 aliphatic heterocycles. The first-order valence-electron chi connectivity index (χ1n) is 3.84. The molecule has 1 rings (SSSR count). The molecule has 1 aromatic heterocycles. The van der Waals surface area contributed by atoms with Crippen LogP contribution >= 0.6 is 0 Å². The number of nitrogens with zero attached hydrogens (tertiary/aromatic N) is 3. The van der Waals surface area contributed by atoms with Crippen molar-refractivity contribution in [3.8, 4) is 0 Å². The van der Waals surface area contributed by atoms with Crippen LogP contribution in [0.4, 0.5) is 0 Å². The molecule has 4 nitrogen and oxygen atoms in total. The summed E-state index contributed by atoms with van der Waals surface area (Å²) in [4.78, 5) is 3.98. The van der Waals surface area contributed by atoms with Crippen molar-refractivity contribution in [1.82, 2.24) is 9.55 Å². The van der Waals surface area contributed by atoms with Crippen LogP contribution in [0.15, 0.2) is 42.4 Å². The third-order valence-corrected chi connectivity index (χ3v) is 1.50. The number of allylic oxidation sites excluding steroid dienone is 3. The molecule has 0 amide bonds. The second-order valence-electron chi connectivity index (χ2n) is 2.35. The summed E-state index contributed by atoms with van der Waals surface area (Å²) in [6.07, 6.45) is 10.2. The van der Waals surface area contributed by atoms with Crippen LogP contribution in [0.2, 0.25) is 0 Å². The Labute approximate surface area is 76.5 Å². The first-order valence-corrected chi connectivity index (χ1v) is 3.84. The van der Waals surface area contributed by atoms with Gasteiger partial charge in [-0.25, -0.2) is 4.98 Å². The quantitative estimate of drug-likeness (QED) is 0.327. The number of hydrogen-bond donors (Lipinski definition) is 1. The molecule has 68 valence electrons. The highest BCUT2D eigenvalue weighted by atomic mass is 16.4. The molecular formula is C9H11N3O. The third kappa shape index (κ3) is 2.59. The van der Waals surface area contributed by atoms with E-state index >= 15 is 0 Å². The normalized spacial score (nSPS) is 11.4. The molecular weight excluding hydrogens is 166 g/mol. The summed E-state index contributed by atoms with van der Waals surface area (Å²) in [5.74, 6) is 0.621. The Balaban J connectivity index is 2.70. The molecule has 13 heavy (non-hydrogen) atoms. The smallest absolute Gasteiger partial charge is 0.154 e. The summed E-state index contributed by atoms with van der Waals surface area (Å²) in [7, 11) is 0. The van der Waals surface area contributed by atoms with Crippen LogP contribution in [0.25, 0.3) is 0 Å². The Bertz CT molecular complexity index is 325. The largest absolute Gasteiger partial charge is 0.411 e. The Hall–Kier alpha value is -1.84. The standard InChI is InChI=1S/C9H11N3O/c1-2-3-4-6-12-7-5-10-9(12)8-11-13/h2-5,7-8,13H,1,6H2/b4-3+,11-8-. The number of imidazole rings is 1. The van der Waals surface area contributed by atoms with E-state index in [2.05, 4.69) is 16.7 Å². The molecule has 0 aliphatic carbocycles. The Morgan fingerprint density at radius 2 is 2.54 bits per heavy atom. The van der Waals surface area contributed by atoms with Crippen molar-refractivity contribution in [2.24, 2.45) is 5.16 Å². The predicted octanol–water partition coefficient (Wildman–Crippen LogP) is 1.43. The third-order valence-electron chi connectivity index (χ3n) is 1.50. The van der Waals surface area contributed by atoms with Gasteiger partial charge < -0.3 is 9.77 Å². The van der Waals surface area contributed by atoms with E-state index in [0.717, 1.165) is 0 Å². The predicted molar refractivity (Wildman–Crippen MR) is 50.9 cm³/mol. The van der Waals surface area contributed by atoms with E-state index in [1.165, 1.54) is 6.21 Å². The van der Waals surface area contributed by atoms with Crippen molar-refractivity contribution in [3.05, 3.63) is 43.0 Å². The summed E-state index contributed by atoms with van der Waals surface area (Å²) in [6, 6.07) is 0. The van der Waals surface area contributed by atoms with E-state index in [-0.39, 0.29) is 0 Å². The molecule has 0 unspecified atom stereocenters. The van der Waals surface area contributed by atoms with Gasteiger partial charge in [-0.3, -0.25) is 0 Å². The summed E-state index contributed by atoms with van der Waals surface area (Å²) >= 11 is 0. The van der Waals surface area contributed by atoms with E-state index in [1.807, 2.05) is 22.9 Å². The second-order valence-corrected chi connectivity index (χ2v) is 2.35. The zero-order chi connectivity index (χ0) is 9.52. The zero-order valence-corrected chi connectivity index (χ0v) is 7.17. The minimum atomic E-state index is 0.621. The molecule has 4 heteroatoms. The van der Waals surface area contributed by atoms with Gasteiger partial charge in [0.15, 0.2) is 5.82 Å². The van der Waals surface area contributed by atoms with Crippen LogP contribution in [0.3, 0.4) is 0 Å². The fraction of sp³-hybridized carbons (Fsp3) is 0.111. The SMILES string of the molecule is C=C/C=C/Cn1ccnc1/C=N\O. The van der Waals surface area contributed by atoms with Gasteiger partial charge in [-0.2, -0.15) is 0 Å². The van der Waals surface area contributed by atoms with Crippen molar-refractivity contribution in [1.29, 1.82) is 0 Å². The second kappa shape index (κ2) is 4.92. The van der Waals surface area contributed by atoms with Gasteiger partial charge in [-0.15, -0.1) is 0 Å². The van der Waals surface area contributed by atoms with Crippen molar-refractivity contribution < 1.29 is 5.21 Å². The Morgan fingerprint density at radius 1 is 1.69 bits per heavy atom. The first kappa shape index (κ1) is 9.25. The average Bonchev–Trinajstić information content (AvgIpc) is 2.54. The lowest BCUT2D eigenvalue weighted by atomic mass is 10.4. The van der Waals surface area contributed by atoms with E-state index in [1.54, 1.807) is 12.3 Å². The molecule has 0 spiro atoms. The van der Waals surface area contributed by atoms with E-state index in [4.69, 9.17) is 5.21 Å². The molecule has 1 heterocycles. The maximum Gasteiger partial charge on any atom is 0.154 e. The maximum absolute atomic E-state index is 8.32. The van der Waals surface area contributed by atoms with Crippen LogP contribution in [-0.4, -0.2) is 21.0 Å². The number of aromatic nitrogens is 2.